The average Bonchev–Trinajstić information content (AvgIpc) is 2.52. The summed E-state index contributed by atoms with van der Waals surface area (Å²) < 4.78 is 23.5. The Morgan fingerprint density at radius 2 is 1.88 bits per heavy atom. The second-order valence-corrected chi connectivity index (χ2v) is 7.89. The molecule has 0 saturated carbocycles. The van der Waals surface area contributed by atoms with Gasteiger partial charge in [-0.05, 0) is 36.8 Å². The van der Waals surface area contributed by atoms with Crippen molar-refractivity contribution in [3.63, 3.8) is 0 Å². The van der Waals surface area contributed by atoms with Crippen LogP contribution in [-0.4, -0.2) is 27.1 Å². The summed E-state index contributed by atoms with van der Waals surface area (Å²) in [5.74, 6) is -0.319. The first-order chi connectivity index (χ1) is 11.3. The zero-order valence-corrected chi connectivity index (χ0v) is 15.0. The maximum atomic E-state index is 12.1. The molecule has 0 spiro atoms. The number of anilines is 1. The fourth-order valence-electron chi connectivity index (χ4n) is 2.23. The van der Waals surface area contributed by atoms with Crippen LogP contribution in [0.3, 0.4) is 0 Å². The number of benzene rings is 2. The smallest absolute Gasteiger partial charge is 0.238 e. The Bertz CT molecular complexity index is 837. The summed E-state index contributed by atoms with van der Waals surface area (Å²) in [6.07, 6.45) is 1.11. The standard InChI is InChI=1S/C17H19ClN2O3S/c1-12(13-6-5-7-14(18)10-13)19-11-17(21)20-15-8-3-4-9-16(15)24(2,22)23/h3-10,12,19H,11H2,1-2H3,(H,20,21)/t12-/m0/s1. The van der Waals surface area contributed by atoms with Gasteiger partial charge in [-0.15, -0.1) is 0 Å². The maximum Gasteiger partial charge on any atom is 0.238 e. The van der Waals surface area contributed by atoms with Crippen LogP contribution in [0.5, 0.6) is 0 Å². The van der Waals surface area contributed by atoms with Gasteiger partial charge in [0.1, 0.15) is 0 Å². The molecule has 2 aromatic rings. The summed E-state index contributed by atoms with van der Waals surface area (Å²) in [4.78, 5) is 12.2. The molecule has 24 heavy (non-hydrogen) atoms. The number of nitrogens with one attached hydrogen (secondary N) is 2. The van der Waals surface area contributed by atoms with Crippen molar-refractivity contribution in [2.24, 2.45) is 0 Å². The van der Waals surface area contributed by atoms with Crippen LogP contribution in [0.4, 0.5) is 5.69 Å². The minimum Gasteiger partial charge on any atom is -0.324 e. The Labute approximate surface area is 147 Å². The normalized spacial score (nSPS) is 12.6. The lowest BCUT2D eigenvalue weighted by molar-refractivity contribution is -0.115. The van der Waals surface area contributed by atoms with Gasteiger partial charge in [0.05, 0.1) is 17.1 Å². The Kier molecular flexibility index (Phi) is 5.99. The first-order valence-electron chi connectivity index (χ1n) is 7.35. The lowest BCUT2D eigenvalue weighted by Crippen LogP contribution is -2.30. The zero-order chi connectivity index (χ0) is 17.7. The zero-order valence-electron chi connectivity index (χ0n) is 13.4. The molecule has 128 valence electrons. The van der Waals surface area contributed by atoms with Crippen molar-refractivity contribution in [1.29, 1.82) is 0 Å². The molecule has 2 rings (SSSR count). The van der Waals surface area contributed by atoms with E-state index >= 15 is 0 Å². The Hall–Kier alpha value is -1.89. The minimum absolute atomic E-state index is 0.0474. The highest BCUT2D eigenvalue weighted by Gasteiger charge is 2.15. The molecule has 1 atom stereocenters. The third-order valence-electron chi connectivity index (χ3n) is 3.48. The van der Waals surface area contributed by atoms with Gasteiger partial charge in [-0.2, -0.15) is 0 Å². The molecule has 0 aliphatic carbocycles. The predicted octanol–water partition coefficient (Wildman–Crippen LogP) is 3.03. The highest BCUT2D eigenvalue weighted by Crippen LogP contribution is 2.20. The van der Waals surface area contributed by atoms with Crippen molar-refractivity contribution in [3.05, 3.63) is 59.1 Å². The number of para-hydroxylation sites is 1. The van der Waals surface area contributed by atoms with Crippen LogP contribution < -0.4 is 10.6 Å². The van der Waals surface area contributed by atoms with E-state index in [-0.39, 0.29) is 29.1 Å². The van der Waals surface area contributed by atoms with Gasteiger partial charge in [0.15, 0.2) is 9.84 Å². The lowest BCUT2D eigenvalue weighted by atomic mass is 10.1. The number of hydrogen-bond donors (Lipinski definition) is 2. The number of carbonyl (C=O) groups is 1. The first kappa shape index (κ1) is 18.4. The Morgan fingerprint density at radius 1 is 1.17 bits per heavy atom. The van der Waals surface area contributed by atoms with Gasteiger partial charge >= 0.3 is 0 Å². The number of carbonyl (C=O) groups excluding carboxylic acids is 1. The summed E-state index contributed by atoms with van der Waals surface area (Å²) in [6.45, 7) is 1.97. The Morgan fingerprint density at radius 3 is 2.54 bits per heavy atom. The first-order valence-corrected chi connectivity index (χ1v) is 9.62. The van der Waals surface area contributed by atoms with Gasteiger partial charge < -0.3 is 10.6 Å². The molecular weight excluding hydrogens is 348 g/mol. The number of sulfone groups is 1. The quantitative estimate of drug-likeness (QED) is 0.824. The van der Waals surface area contributed by atoms with Gasteiger partial charge in [0, 0.05) is 17.3 Å². The highest BCUT2D eigenvalue weighted by atomic mass is 35.5. The van der Waals surface area contributed by atoms with Crippen LogP contribution in [0.2, 0.25) is 5.02 Å². The topological polar surface area (TPSA) is 75.3 Å². The third kappa shape index (κ3) is 5.06. The van der Waals surface area contributed by atoms with E-state index in [1.165, 1.54) is 6.07 Å². The van der Waals surface area contributed by atoms with Gasteiger partial charge in [0.2, 0.25) is 5.91 Å². The van der Waals surface area contributed by atoms with Crippen molar-refractivity contribution in [1.82, 2.24) is 5.32 Å². The molecule has 0 radical (unpaired) electrons. The van der Waals surface area contributed by atoms with Crippen molar-refractivity contribution >= 4 is 33.0 Å². The molecule has 1 amide bonds. The summed E-state index contributed by atoms with van der Waals surface area (Å²) in [5.41, 5.74) is 1.24. The molecule has 0 unspecified atom stereocenters. The number of hydrogen-bond acceptors (Lipinski definition) is 4. The largest absolute Gasteiger partial charge is 0.324 e. The van der Waals surface area contributed by atoms with Crippen molar-refractivity contribution in [2.45, 2.75) is 17.9 Å². The summed E-state index contributed by atoms with van der Waals surface area (Å²) in [7, 11) is -3.41. The maximum absolute atomic E-state index is 12.1. The molecular formula is C17H19ClN2O3S. The molecule has 0 aromatic heterocycles. The second-order valence-electron chi connectivity index (χ2n) is 5.47. The van der Waals surface area contributed by atoms with Gasteiger partial charge in [0.25, 0.3) is 0 Å². The molecule has 0 bridgehead atoms. The SMILES string of the molecule is C[C@H](NCC(=O)Nc1ccccc1S(C)(=O)=O)c1cccc(Cl)c1. The molecule has 0 fully saturated rings. The number of halogens is 1. The van der Waals surface area contributed by atoms with Crippen LogP contribution >= 0.6 is 11.6 Å². The van der Waals surface area contributed by atoms with Gasteiger partial charge in [-0.1, -0.05) is 35.9 Å². The van der Waals surface area contributed by atoms with Crippen LogP contribution in [0.25, 0.3) is 0 Å². The molecule has 0 heterocycles. The molecule has 2 aromatic carbocycles. The highest BCUT2D eigenvalue weighted by molar-refractivity contribution is 7.90. The number of rotatable bonds is 6. The van der Waals surface area contributed by atoms with Crippen molar-refractivity contribution in [2.75, 3.05) is 18.1 Å². The average molecular weight is 367 g/mol. The molecule has 7 heteroatoms. The van der Waals surface area contributed by atoms with E-state index in [0.717, 1.165) is 11.8 Å². The second kappa shape index (κ2) is 7.79. The number of amides is 1. The van der Waals surface area contributed by atoms with Gasteiger partial charge in [-0.25, -0.2) is 8.42 Å². The van der Waals surface area contributed by atoms with E-state index in [1.54, 1.807) is 24.3 Å². The van der Waals surface area contributed by atoms with Crippen LogP contribution in [-0.2, 0) is 14.6 Å². The molecule has 0 saturated heterocycles. The fraction of sp³-hybridized carbons (Fsp3) is 0.235. The van der Waals surface area contributed by atoms with E-state index in [2.05, 4.69) is 10.6 Å². The minimum atomic E-state index is -3.41. The van der Waals surface area contributed by atoms with Crippen molar-refractivity contribution < 1.29 is 13.2 Å². The summed E-state index contributed by atoms with van der Waals surface area (Å²) in [5, 5.41) is 6.34. The van der Waals surface area contributed by atoms with Gasteiger partial charge in [-0.3, -0.25) is 4.79 Å². The molecule has 2 N–H and O–H groups in total. The third-order valence-corrected chi connectivity index (χ3v) is 4.87. The van der Waals surface area contributed by atoms with Crippen molar-refractivity contribution in [3.8, 4) is 0 Å². The van der Waals surface area contributed by atoms with E-state index in [4.69, 9.17) is 11.6 Å². The van der Waals surface area contributed by atoms with E-state index in [0.29, 0.717) is 5.02 Å². The van der Waals surface area contributed by atoms with Crippen LogP contribution in [0, 0.1) is 0 Å². The van der Waals surface area contributed by atoms with Crippen LogP contribution in [0.15, 0.2) is 53.4 Å². The molecule has 5 nitrogen and oxygen atoms in total. The monoisotopic (exact) mass is 366 g/mol. The lowest BCUT2D eigenvalue weighted by Gasteiger charge is -2.15. The van der Waals surface area contributed by atoms with E-state index in [9.17, 15) is 13.2 Å². The van der Waals surface area contributed by atoms with Crippen LogP contribution in [0.1, 0.15) is 18.5 Å². The Balaban J connectivity index is 2.00. The summed E-state index contributed by atoms with van der Waals surface area (Å²) >= 11 is 5.96. The molecule has 0 aliphatic heterocycles. The molecule has 0 aliphatic rings. The summed E-state index contributed by atoms with van der Waals surface area (Å²) in [6, 6.07) is 13.6. The van der Waals surface area contributed by atoms with E-state index < -0.39 is 9.84 Å². The predicted molar refractivity (Wildman–Crippen MR) is 96.1 cm³/mol. The fourth-order valence-corrected chi connectivity index (χ4v) is 3.27. The van der Waals surface area contributed by atoms with E-state index in [1.807, 2.05) is 25.1 Å².